The van der Waals surface area contributed by atoms with Gasteiger partial charge in [0.2, 0.25) is 0 Å². The average molecular weight is 453 g/mol. The van der Waals surface area contributed by atoms with Crippen LogP contribution < -0.4 is 5.32 Å². The van der Waals surface area contributed by atoms with Crippen LogP contribution in [-0.4, -0.2) is 16.0 Å². The van der Waals surface area contributed by atoms with Gasteiger partial charge >= 0.3 is 0 Å². The molecule has 34 heavy (non-hydrogen) atoms. The third kappa shape index (κ3) is 5.16. The van der Waals surface area contributed by atoms with Crippen LogP contribution in [-0.2, 0) is 16.8 Å². The quantitative estimate of drug-likeness (QED) is 0.528. The Morgan fingerprint density at radius 2 is 2.00 bits per heavy atom. The topological polar surface area (TPSA) is 78.2 Å². The van der Waals surface area contributed by atoms with Crippen LogP contribution >= 0.6 is 0 Å². The highest BCUT2D eigenvalue weighted by atomic mass is 16.7. The molecule has 1 unspecified atom stereocenters. The Morgan fingerprint density at radius 1 is 1.18 bits per heavy atom. The number of benzene rings is 2. The lowest BCUT2D eigenvalue weighted by atomic mass is 9.85. The first-order valence-corrected chi connectivity index (χ1v) is 11.2. The van der Waals surface area contributed by atoms with Gasteiger partial charge in [-0.1, -0.05) is 32.9 Å². The number of amides is 1. The number of anilines is 1. The van der Waals surface area contributed by atoms with Crippen molar-refractivity contribution >= 4 is 11.6 Å². The molecule has 1 N–H and O–H groups in total. The number of carbonyl (C=O) groups excluding carboxylic acids is 1. The fourth-order valence-corrected chi connectivity index (χ4v) is 3.89. The molecule has 0 fully saturated rings. The van der Waals surface area contributed by atoms with Crippen molar-refractivity contribution in [3.05, 3.63) is 107 Å². The molecule has 2 aromatic carbocycles. The number of hydrogen-bond acceptors (Lipinski definition) is 5. The first kappa shape index (κ1) is 23.2. The van der Waals surface area contributed by atoms with Crippen LogP contribution in [0.15, 0.2) is 73.1 Å². The van der Waals surface area contributed by atoms with Crippen LogP contribution in [0.25, 0.3) is 0 Å². The van der Waals surface area contributed by atoms with Gasteiger partial charge in [0.15, 0.2) is 0 Å². The largest absolute Gasteiger partial charge is 0.413 e. The summed E-state index contributed by atoms with van der Waals surface area (Å²) < 4.78 is 0. The number of nitrogens with one attached hydrogen (secondary N) is 1. The SMILES string of the molecule is Cc1ccc(NC(=O)c2cc(C#N)cc(C(C)(C)C)c2)cc1C1C=CON1Cc1ccccn1. The van der Waals surface area contributed by atoms with Gasteiger partial charge in [0.25, 0.3) is 5.91 Å². The number of hydroxylamine groups is 2. The van der Waals surface area contributed by atoms with Crippen molar-refractivity contribution in [1.82, 2.24) is 10.0 Å². The van der Waals surface area contributed by atoms with Gasteiger partial charge in [-0.2, -0.15) is 5.26 Å². The fraction of sp³-hybridized carbons (Fsp3) is 0.250. The van der Waals surface area contributed by atoms with Gasteiger partial charge in [-0.25, -0.2) is 0 Å². The van der Waals surface area contributed by atoms with E-state index < -0.39 is 0 Å². The Balaban J connectivity index is 1.58. The molecule has 0 bridgehead atoms. The van der Waals surface area contributed by atoms with Crippen LogP contribution in [0.3, 0.4) is 0 Å². The Bertz CT molecular complexity index is 1270. The average Bonchev–Trinajstić information content (AvgIpc) is 3.27. The molecule has 1 atom stereocenters. The summed E-state index contributed by atoms with van der Waals surface area (Å²) in [6, 6.07) is 19.0. The number of aryl methyl sites for hydroxylation is 1. The van der Waals surface area contributed by atoms with Crippen LogP contribution in [0.5, 0.6) is 0 Å². The van der Waals surface area contributed by atoms with E-state index in [1.54, 1.807) is 18.5 Å². The van der Waals surface area contributed by atoms with Gasteiger partial charge < -0.3 is 10.2 Å². The number of pyridine rings is 1. The van der Waals surface area contributed by atoms with E-state index in [0.717, 1.165) is 22.4 Å². The fourth-order valence-electron chi connectivity index (χ4n) is 3.89. The van der Waals surface area contributed by atoms with E-state index in [1.165, 1.54) is 0 Å². The summed E-state index contributed by atoms with van der Waals surface area (Å²) >= 11 is 0. The molecule has 1 aliphatic heterocycles. The van der Waals surface area contributed by atoms with Gasteiger partial charge in [0.1, 0.15) is 6.26 Å². The first-order chi connectivity index (χ1) is 16.2. The van der Waals surface area contributed by atoms with E-state index in [-0.39, 0.29) is 17.4 Å². The van der Waals surface area contributed by atoms with Gasteiger partial charge in [0, 0.05) is 17.4 Å². The third-order valence-corrected chi connectivity index (χ3v) is 5.86. The van der Waals surface area contributed by atoms with Gasteiger partial charge in [-0.05, 0) is 77.6 Å². The second kappa shape index (κ2) is 9.50. The third-order valence-electron chi connectivity index (χ3n) is 5.86. The maximum absolute atomic E-state index is 13.1. The molecule has 1 amide bonds. The minimum Gasteiger partial charge on any atom is -0.413 e. The summed E-state index contributed by atoms with van der Waals surface area (Å²) in [5, 5.41) is 14.3. The van der Waals surface area contributed by atoms with E-state index in [0.29, 0.717) is 23.4 Å². The van der Waals surface area contributed by atoms with Crippen molar-refractivity contribution in [1.29, 1.82) is 5.26 Å². The number of nitriles is 1. The predicted octanol–water partition coefficient (Wildman–Crippen LogP) is 5.81. The van der Waals surface area contributed by atoms with Crippen molar-refractivity contribution in [3.63, 3.8) is 0 Å². The predicted molar refractivity (Wildman–Crippen MR) is 132 cm³/mol. The molecule has 0 saturated carbocycles. The summed E-state index contributed by atoms with van der Waals surface area (Å²) in [5.41, 5.74) is 5.42. The summed E-state index contributed by atoms with van der Waals surface area (Å²) in [4.78, 5) is 23.2. The highest BCUT2D eigenvalue weighted by Gasteiger charge is 2.26. The normalized spacial score (nSPS) is 15.6. The lowest BCUT2D eigenvalue weighted by Gasteiger charge is -2.24. The first-order valence-electron chi connectivity index (χ1n) is 11.2. The van der Waals surface area contributed by atoms with E-state index in [1.807, 2.05) is 66.6 Å². The zero-order valence-electron chi connectivity index (χ0n) is 19.9. The van der Waals surface area contributed by atoms with Crippen LogP contribution in [0, 0.1) is 18.3 Å². The molecule has 6 heteroatoms. The van der Waals surface area contributed by atoms with Crippen molar-refractivity contribution in [3.8, 4) is 6.07 Å². The molecule has 1 aliphatic rings. The maximum atomic E-state index is 13.1. The molecule has 172 valence electrons. The molecule has 2 heterocycles. The van der Waals surface area contributed by atoms with E-state index >= 15 is 0 Å². The molecule has 4 rings (SSSR count). The van der Waals surface area contributed by atoms with Gasteiger partial charge in [-0.3, -0.25) is 9.78 Å². The second-order valence-corrected chi connectivity index (χ2v) is 9.46. The van der Waals surface area contributed by atoms with Crippen molar-refractivity contribution in [2.75, 3.05) is 5.32 Å². The molecule has 3 aromatic rings. The monoisotopic (exact) mass is 452 g/mol. The van der Waals surface area contributed by atoms with E-state index in [2.05, 4.69) is 37.1 Å². The Kier molecular flexibility index (Phi) is 6.49. The summed E-state index contributed by atoms with van der Waals surface area (Å²) in [5.74, 6) is -0.249. The molecule has 0 aliphatic carbocycles. The van der Waals surface area contributed by atoms with Gasteiger partial charge in [-0.15, -0.1) is 5.06 Å². The molecule has 0 saturated heterocycles. The van der Waals surface area contributed by atoms with Crippen molar-refractivity contribution < 1.29 is 9.63 Å². The molecule has 0 radical (unpaired) electrons. The summed E-state index contributed by atoms with van der Waals surface area (Å²) in [6.07, 6.45) is 5.43. The number of rotatable bonds is 5. The smallest absolute Gasteiger partial charge is 0.255 e. The van der Waals surface area contributed by atoms with Crippen LogP contribution in [0.4, 0.5) is 5.69 Å². The molecule has 6 nitrogen and oxygen atoms in total. The highest BCUT2D eigenvalue weighted by Crippen LogP contribution is 2.33. The Labute approximate surface area is 200 Å². The van der Waals surface area contributed by atoms with Crippen molar-refractivity contribution in [2.24, 2.45) is 0 Å². The summed E-state index contributed by atoms with van der Waals surface area (Å²) in [7, 11) is 0. The molecule has 1 aromatic heterocycles. The number of aromatic nitrogens is 1. The standard InChI is InChI=1S/C28H28N4O2/c1-19-8-9-23(31-27(33)21-13-20(17-29)14-22(15-21)28(2,3)4)16-25(19)26-10-12-34-32(26)18-24-7-5-6-11-30-24/h5-16,26H,18H2,1-4H3,(H,31,33). The molecular weight excluding hydrogens is 424 g/mol. The van der Waals surface area contributed by atoms with Crippen LogP contribution in [0.1, 0.15) is 65.1 Å². The van der Waals surface area contributed by atoms with Crippen molar-refractivity contribution in [2.45, 2.75) is 45.7 Å². The summed E-state index contributed by atoms with van der Waals surface area (Å²) in [6.45, 7) is 8.76. The maximum Gasteiger partial charge on any atom is 0.255 e. The lowest BCUT2D eigenvalue weighted by Crippen LogP contribution is -2.23. The zero-order valence-corrected chi connectivity index (χ0v) is 19.9. The zero-order chi connectivity index (χ0) is 24.3. The van der Waals surface area contributed by atoms with E-state index in [9.17, 15) is 10.1 Å². The number of hydrogen-bond donors (Lipinski definition) is 1. The number of nitrogens with zero attached hydrogens (tertiary/aromatic N) is 3. The van der Waals surface area contributed by atoms with Gasteiger partial charge in [0.05, 0.1) is 29.9 Å². The minimum absolute atomic E-state index is 0.103. The number of carbonyl (C=O) groups is 1. The Hall–Kier alpha value is -3.95. The lowest BCUT2D eigenvalue weighted by molar-refractivity contribution is -0.114. The Morgan fingerprint density at radius 3 is 2.71 bits per heavy atom. The molecular formula is C28H28N4O2. The minimum atomic E-state index is -0.249. The van der Waals surface area contributed by atoms with E-state index in [4.69, 9.17) is 4.84 Å². The van der Waals surface area contributed by atoms with Crippen LogP contribution in [0.2, 0.25) is 0 Å². The molecule has 0 spiro atoms. The second-order valence-electron chi connectivity index (χ2n) is 9.46. The highest BCUT2D eigenvalue weighted by molar-refractivity contribution is 6.04.